The lowest BCUT2D eigenvalue weighted by Crippen LogP contribution is -2.36. The van der Waals surface area contributed by atoms with Crippen LogP contribution in [0.15, 0.2) is 0 Å². The van der Waals surface area contributed by atoms with Crippen LogP contribution in [-0.4, -0.2) is 47.3 Å². The molecule has 0 unspecified atom stereocenters. The third-order valence-corrected chi connectivity index (χ3v) is 2.49. The maximum atomic E-state index is 10.7. The van der Waals surface area contributed by atoms with Gasteiger partial charge in [-0.2, -0.15) is 0 Å². The zero-order chi connectivity index (χ0) is 13.1. The Morgan fingerprint density at radius 3 is 2.72 bits per heavy atom. The molecule has 2 heterocycles. The normalized spacial score (nSPS) is 16.1. The molecule has 0 aromatic carbocycles. The van der Waals surface area contributed by atoms with Gasteiger partial charge in [-0.05, 0) is 23.8 Å². The van der Waals surface area contributed by atoms with Crippen molar-refractivity contribution in [2.45, 2.75) is 20.0 Å². The van der Waals surface area contributed by atoms with E-state index >= 15 is 0 Å². The van der Waals surface area contributed by atoms with Crippen LogP contribution in [0.3, 0.4) is 0 Å². The van der Waals surface area contributed by atoms with Crippen molar-refractivity contribution in [2.75, 3.05) is 31.2 Å². The van der Waals surface area contributed by atoms with Crippen LogP contribution >= 0.6 is 0 Å². The first-order valence-electron chi connectivity index (χ1n) is 5.81. The number of H-pyrrole nitrogens is 1. The third kappa shape index (κ3) is 2.70. The van der Waals surface area contributed by atoms with E-state index in [9.17, 15) is 10.1 Å². The van der Waals surface area contributed by atoms with Crippen molar-refractivity contribution >= 4 is 11.8 Å². The fourth-order valence-electron chi connectivity index (χ4n) is 1.73. The van der Waals surface area contributed by atoms with E-state index in [0.29, 0.717) is 32.1 Å². The number of aromatic amines is 1. The van der Waals surface area contributed by atoms with Crippen molar-refractivity contribution in [3.05, 3.63) is 10.1 Å². The molecule has 0 amide bonds. The van der Waals surface area contributed by atoms with Gasteiger partial charge in [0.15, 0.2) is 0 Å². The average Bonchev–Trinajstić information content (AvgIpc) is 2.73. The number of morpholine rings is 1. The molecule has 0 bridgehead atoms. The summed E-state index contributed by atoms with van der Waals surface area (Å²) in [6, 6.07) is 0. The summed E-state index contributed by atoms with van der Waals surface area (Å²) in [6.07, 6.45) is -0.0901. The van der Waals surface area contributed by atoms with E-state index in [-0.39, 0.29) is 17.9 Å². The molecule has 0 aliphatic carbocycles. The Kier molecular flexibility index (Phi) is 3.66. The fraction of sp³-hybridized carbons (Fsp3) is 0.700. The van der Waals surface area contributed by atoms with E-state index in [1.165, 1.54) is 0 Å². The van der Waals surface area contributed by atoms with Crippen LogP contribution < -0.4 is 9.64 Å². The Hall–Kier alpha value is -1.83. The Balaban J connectivity index is 2.27. The molecular formula is C10H16N4O4. The standard InChI is InChI=1S/C10H16N4O4/c1-7(2)18-9-8(11-10(12-9)14(15)16)13-3-5-17-6-4-13/h7H,3-6H2,1-2H3,(H,11,12). The quantitative estimate of drug-likeness (QED) is 0.636. The van der Waals surface area contributed by atoms with Gasteiger partial charge in [0.25, 0.3) is 5.82 Å². The fourth-order valence-corrected chi connectivity index (χ4v) is 1.73. The second kappa shape index (κ2) is 5.21. The molecule has 0 radical (unpaired) electrons. The van der Waals surface area contributed by atoms with Crippen LogP contribution in [0.2, 0.25) is 0 Å². The molecule has 1 saturated heterocycles. The van der Waals surface area contributed by atoms with Gasteiger partial charge in [-0.25, -0.2) is 4.98 Å². The van der Waals surface area contributed by atoms with Gasteiger partial charge >= 0.3 is 11.8 Å². The molecule has 2 rings (SSSR count). The molecule has 1 N–H and O–H groups in total. The number of rotatable bonds is 4. The van der Waals surface area contributed by atoms with Crippen molar-refractivity contribution in [3.63, 3.8) is 0 Å². The summed E-state index contributed by atoms with van der Waals surface area (Å²) in [5.74, 6) is 0.532. The predicted octanol–water partition coefficient (Wildman–Crippen LogP) is 0.942. The SMILES string of the molecule is CC(C)Oc1nc([N+](=O)[O-])[nH]c1N1CCOCC1. The molecule has 18 heavy (non-hydrogen) atoms. The molecule has 1 aromatic rings. The van der Waals surface area contributed by atoms with Gasteiger partial charge in [-0.1, -0.05) is 0 Å². The van der Waals surface area contributed by atoms with E-state index in [0.717, 1.165) is 0 Å². The van der Waals surface area contributed by atoms with Gasteiger partial charge in [-0.3, -0.25) is 0 Å². The van der Waals surface area contributed by atoms with Crippen molar-refractivity contribution in [3.8, 4) is 5.88 Å². The summed E-state index contributed by atoms with van der Waals surface area (Å²) in [6.45, 7) is 6.21. The highest BCUT2D eigenvalue weighted by molar-refractivity contribution is 5.52. The van der Waals surface area contributed by atoms with E-state index in [1.54, 1.807) is 0 Å². The number of hydrogen-bond donors (Lipinski definition) is 1. The number of nitro groups is 1. The van der Waals surface area contributed by atoms with E-state index in [2.05, 4.69) is 9.97 Å². The molecule has 0 saturated carbocycles. The molecule has 0 spiro atoms. The van der Waals surface area contributed by atoms with Crippen LogP contribution in [-0.2, 0) is 4.74 Å². The lowest BCUT2D eigenvalue weighted by molar-refractivity contribution is -0.393. The van der Waals surface area contributed by atoms with Gasteiger partial charge in [-0.15, -0.1) is 0 Å². The minimum atomic E-state index is -0.558. The van der Waals surface area contributed by atoms with Gasteiger partial charge in [0, 0.05) is 13.1 Å². The number of imidazole rings is 1. The van der Waals surface area contributed by atoms with E-state index < -0.39 is 4.92 Å². The average molecular weight is 256 g/mol. The number of nitrogens with one attached hydrogen (secondary N) is 1. The van der Waals surface area contributed by atoms with Gasteiger partial charge in [0.2, 0.25) is 0 Å². The van der Waals surface area contributed by atoms with Crippen LogP contribution in [0, 0.1) is 10.1 Å². The van der Waals surface area contributed by atoms with E-state index in [4.69, 9.17) is 9.47 Å². The molecular weight excluding hydrogens is 240 g/mol. The summed E-state index contributed by atoms with van der Waals surface area (Å²) in [5.41, 5.74) is 0. The Labute approximate surface area is 104 Å². The highest BCUT2D eigenvalue weighted by atomic mass is 16.6. The topological polar surface area (TPSA) is 93.5 Å². The Morgan fingerprint density at radius 2 is 2.17 bits per heavy atom. The summed E-state index contributed by atoms with van der Waals surface area (Å²) < 4.78 is 10.7. The van der Waals surface area contributed by atoms with Crippen molar-refractivity contribution < 1.29 is 14.4 Å². The maximum absolute atomic E-state index is 10.7. The lowest BCUT2D eigenvalue weighted by atomic mass is 10.4. The summed E-state index contributed by atoms with van der Waals surface area (Å²) >= 11 is 0. The minimum absolute atomic E-state index is 0.0901. The molecule has 8 heteroatoms. The van der Waals surface area contributed by atoms with Crippen molar-refractivity contribution in [1.82, 2.24) is 9.97 Å². The van der Waals surface area contributed by atoms with Gasteiger partial charge in [0.1, 0.15) is 0 Å². The third-order valence-electron chi connectivity index (χ3n) is 2.49. The second-order valence-electron chi connectivity index (χ2n) is 4.24. The zero-order valence-electron chi connectivity index (χ0n) is 10.4. The summed E-state index contributed by atoms with van der Waals surface area (Å²) in [7, 11) is 0. The largest absolute Gasteiger partial charge is 0.459 e. The molecule has 100 valence electrons. The number of ether oxygens (including phenoxy) is 2. The zero-order valence-corrected chi connectivity index (χ0v) is 10.4. The van der Waals surface area contributed by atoms with Crippen molar-refractivity contribution in [2.24, 2.45) is 0 Å². The number of anilines is 1. The smallest absolute Gasteiger partial charge is 0.437 e. The van der Waals surface area contributed by atoms with Gasteiger partial charge < -0.3 is 24.5 Å². The molecule has 1 aliphatic heterocycles. The first-order valence-corrected chi connectivity index (χ1v) is 5.81. The van der Waals surface area contributed by atoms with E-state index in [1.807, 2.05) is 18.7 Å². The minimum Gasteiger partial charge on any atom is -0.459 e. The molecule has 1 aliphatic rings. The Morgan fingerprint density at radius 1 is 1.50 bits per heavy atom. The number of hydrogen-bond acceptors (Lipinski definition) is 6. The van der Waals surface area contributed by atoms with Gasteiger partial charge in [0.05, 0.1) is 19.3 Å². The molecule has 1 aromatic heterocycles. The van der Waals surface area contributed by atoms with Crippen LogP contribution in [0.1, 0.15) is 13.8 Å². The maximum Gasteiger partial charge on any atom is 0.437 e. The van der Waals surface area contributed by atoms with Crippen molar-refractivity contribution in [1.29, 1.82) is 0 Å². The van der Waals surface area contributed by atoms with Crippen LogP contribution in [0.25, 0.3) is 0 Å². The second-order valence-corrected chi connectivity index (χ2v) is 4.24. The summed E-state index contributed by atoms with van der Waals surface area (Å²) in [5, 5.41) is 10.7. The molecule has 0 atom stereocenters. The number of nitrogens with zero attached hydrogens (tertiary/aromatic N) is 3. The van der Waals surface area contributed by atoms with Crippen LogP contribution in [0.5, 0.6) is 5.88 Å². The predicted molar refractivity (Wildman–Crippen MR) is 64.0 cm³/mol. The first kappa shape index (κ1) is 12.6. The summed E-state index contributed by atoms with van der Waals surface area (Å²) in [4.78, 5) is 18.7. The highest BCUT2D eigenvalue weighted by Gasteiger charge is 2.28. The van der Waals surface area contributed by atoms with Crippen LogP contribution in [0.4, 0.5) is 11.8 Å². The Bertz CT molecular complexity index is 426. The number of aromatic nitrogens is 2. The molecule has 1 fully saturated rings. The highest BCUT2D eigenvalue weighted by Crippen LogP contribution is 2.29. The molecule has 8 nitrogen and oxygen atoms in total. The lowest BCUT2D eigenvalue weighted by Gasteiger charge is -2.26. The monoisotopic (exact) mass is 256 g/mol. The first-order chi connectivity index (χ1) is 8.58.